The third kappa shape index (κ3) is 4.87. The monoisotopic (exact) mass is 736 g/mol. The molecule has 0 fully saturated rings. The van der Waals surface area contributed by atoms with Gasteiger partial charge in [-0.25, -0.2) is 9.97 Å². The highest BCUT2D eigenvalue weighted by Gasteiger charge is 2.16. The topological polar surface area (TPSA) is 38.9 Å². The fourth-order valence-electron chi connectivity index (χ4n) is 8.23. The van der Waals surface area contributed by atoms with Crippen LogP contribution in [-0.2, 0) is 0 Å². The summed E-state index contributed by atoms with van der Waals surface area (Å²) in [7, 11) is 0. The van der Waals surface area contributed by atoms with Gasteiger partial charge >= 0.3 is 0 Å². The smallest absolute Gasteiger partial charge is 0.246 e. The van der Waals surface area contributed by atoms with Gasteiger partial charge in [0, 0.05) is 45.7 Å². The van der Waals surface area contributed by atoms with Gasteiger partial charge in [0.15, 0.2) is 0 Å². The van der Waals surface area contributed by atoms with Crippen molar-refractivity contribution in [3.63, 3.8) is 0 Å². The minimum atomic E-state index is 0.548. The number of furan rings is 1. The summed E-state index contributed by atoms with van der Waals surface area (Å²) in [6.07, 6.45) is 0. The van der Waals surface area contributed by atoms with E-state index >= 15 is 0 Å². The van der Waals surface area contributed by atoms with Gasteiger partial charge in [0.25, 0.3) is 0 Å². The first kappa shape index (κ1) is 30.8. The molecule has 0 atom stereocenters. The first-order chi connectivity index (χ1) is 27.2. The van der Waals surface area contributed by atoms with Crippen molar-refractivity contribution < 1.29 is 4.42 Å². The van der Waals surface area contributed by atoms with Crippen molar-refractivity contribution >= 4 is 96.3 Å². The second-order valence-electron chi connectivity index (χ2n) is 14.1. The van der Waals surface area contributed by atoms with Gasteiger partial charge in [-0.2, -0.15) is 0 Å². The first-order valence-electron chi connectivity index (χ1n) is 18.4. The molecule has 12 aromatic rings. The Kier molecular flexibility index (Phi) is 6.67. The highest BCUT2D eigenvalue weighted by atomic mass is 32.1. The van der Waals surface area contributed by atoms with Gasteiger partial charge in [0.2, 0.25) is 5.71 Å². The van der Waals surface area contributed by atoms with Crippen molar-refractivity contribution in [2.75, 3.05) is 0 Å². The van der Waals surface area contributed by atoms with E-state index in [0.29, 0.717) is 5.71 Å². The molecule has 0 saturated heterocycles. The number of fused-ring (bicyclic) bond motifs is 10. The Labute approximate surface area is 323 Å². The molecule has 3 nitrogen and oxygen atoms in total. The molecule has 55 heavy (non-hydrogen) atoms. The highest BCUT2D eigenvalue weighted by Crippen LogP contribution is 2.42. The van der Waals surface area contributed by atoms with E-state index in [0.717, 1.165) is 49.8 Å². The van der Waals surface area contributed by atoms with Gasteiger partial charge in [-0.1, -0.05) is 121 Å². The van der Waals surface area contributed by atoms with E-state index in [9.17, 15) is 0 Å². The number of aromatic nitrogens is 2. The summed E-state index contributed by atoms with van der Waals surface area (Å²) < 4.78 is 11.6. The zero-order valence-electron chi connectivity index (χ0n) is 29.3. The molecule has 0 aliphatic heterocycles. The number of benzene rings is 8. The van der Waals surface area contributed by atoms with E-state index < -0.39 is 0 Å². The lowest BCUT2D eigenvalue weighted by molar-refractivity contribution is 0.655. The van der Waals surface area contributed by atoms with Crippen molar-refractivity contribution in [3.05, 3.63) is 170 Å². The maximum atomic E-state index is 6.34. The average molecular weight is 737 g/mol. The number of hydrogen-bond acceptors (Lipinski definition) is 5. The van der Waals surface area contributed by atoms with Crippen LogP contribution < -0.4 is 0 Å². The van der Waals surface area contributed by atoms with Crippen molar-refractivity contribution in [2.45, 2.75) is 0 Å². The van der Waals surface area contributed by atoms with E-state index in [1.807, 2.05) is 28.7 Å². The Morgan fingerprint density at radius 2 is 0.891 bits per heavy atom. The second kappa shape index (κ2) is 11.9. The Morgan fingerprint density at radius 3 is 1.55 bits per heavy atom. The van der Waals surface area contributed by atoms with Gasteiger partial charge in [-0.05, 0) is 93.0 Å². The Hall–Kier alpha value is -6.66. The first-order valence-corrected chi connectivity index (χ1v) is 20.0. The maximum Gasteiger partial charge on any atom is 0.246 e. The van der Waals surface area contributed by atoms with Gasteiger partial charge in [0.05, 0.1) is 11.0 Å². The molecule has 0 radical (unpaired) electrons. The Bertz CT molecular complexity index is 3520. The van der Waals surface area contributed by atoms with Crippen LogP contribution in [0.4, 0.5) is 0 Å². The van der Waals surface area contributed by atoms with Gasteiger partial charge in [-0.3, -0.25) is 0 Å². The van der Waals surface area contributed by atoms with E-state index in [1.165, 1.54) is 62.6 Å². The van der Waals surface area contributed by atoms with Crippen LogP contribution in [0.3, 0.4) is 0 Å². The average Bonchev–Trinajstić information content (AvgIpc) is 3.93. The quantitative estimate of drug-likeness (QED) is 0.181. The molecule has 0 unspecified atom stereocenters. The number of thiophene rings is 2. The van der Waals surface area contributed by atoms with Crippen molar-refractivity contribution in [3.8, 4) is 44.5 Å². The molecule has 0 amide bonds. The molecule has 5 heteroatoms. The van der Waals surface area contributed by atoms with Crippen LogP contribution in [0.25, 0.3) is 118 Å². The van der Waals surface area contributed by atoms with Crippen LogP contribution in [0.5, 0.6) is 0 Å². The molecular formula is C50H28N2OS2. The Morgan fingerprint density at radius 1 is 0.364 bits per heavy atom. The summed E-state index contributed by atoms with van der Waals surface area (Å²) in [6.45, 7) is 0. The predicted octanol–water partition coefficient (Wildman–Crippen LogP) is 14.9. The molecule has 4 aromatic heterocycles. The molecule has 0 spiro atoms. The third-order valence-electron chi connectivity index (χ3n) is 10.9. The zero-order chi connectivity index (χ0) is 36.0. The maximum absolute atomic E-state index is 6.34. The fourth-order valence-corrected chi connectivity index (χ4v) is 10.7. The SMILES string of the molecule is c1cc(-c2ccc3nc4c(nc3c2)oc2ccc(-c3cccc(-c5cccc6c5sc5ccccc56)c3)cc24)cc(-c2cccc3c2sc2ccccc23)c1. The van der Waals surface area contributed by atoms with E-state index in [-0.39, 0.29) is 0 Å². The fraction of sp³-hybridized carbons (Fsp3) is 0. The van der Waals surface area contributed by atoms with Gasteiger partial charge in [0.1, 0.15) is 11.1 Å². The second-order valence-corrected chi connectivity index (χ2v) is 16.2. The molecule has 256 valence electrons. The van der Waals surface area contributed by atoms with Crippen LogP contribution in [-0.4, -0.2) is 9.97 Å². The molecule has 8 aromatic carbocycles. The molecule has 0 aliphatic rings. The molecule has 0 saturated carbocycles. The summed E-state index contributed by atoms with van der Waals surface area (Å²) in [5.41, 5.74) is 13.2. The molecule has 4 heterocycles. The predicted molar refractivity (Wildman–Crippen MR) is 234 cm³/mol. The number of hydrogen-bond donors (Lipinski definition) is 0. The van der Waals surface area contributed by atoms with E-state index in [1.54, 1.807) is 0 Å². The number of rotatable bonds is 4. The Balaban J connectivity index is 0.912. The lowest BCUT2D eigenvalue weighted by atomic mass is 9.97. The summed E-state index contributed by atoms with van der Waals surface area (Å²) in [4.78, 5) is 10.1. The minimum absolute atomic E-state index is 0.548. The number of nitrogens with zero attached hydrogens (tertiary/aromatic N) is 2. The largest absolute Gasteiger partial charge is 0.436 e. The van der Waals surface area contributed by atoms with Crippen LogP contribution in [0, 0.1) is 0 Å². The standard InChI is InChI=1S/C50H28N2OS2/c1-3-19-45-37(13-1)39-17-7-15-35(48(39)54-45)33-11-5-9-29(25-33)31-22-24-44-41(27-31)47-50(53-44)52-43-28-32(21-23-42(43)51-47)30-10-6-12-34(26-30)36-16-8-18-40-38-14-2-4-20-46(38)55-49(36)40/h1-28H. The third-order valence-corrected chi connectivity index (χ3v) is 13.3. The van der Waals surface area contributed by atoms with Crippen molar-refractivity contribution in [1.29, 1.82) is 0 Å². The van der Waals surface area contributed by atoms with E-state index in [4.69, 9.17) is 14.4 Å². The van der Waals surface area contributed by atoms with Crippen LogP contribution in [0.1, 0.15) is 0 Å². The van der Waals surface area contributed by atoms with Crippen LogP contribution in [0.2, 0.25) is 0 Å². The van der Waals surface area contributed by atoms with Crippen molar-refractivity contribution in [2.24, 2.45) is 0 Å². The molecule has 0 bridgehead atoms. The molecule has 0 aliphatic carbocycles. The van der Waals surface area contributed by atoms with Crippen LogP contribution in [0.15, 0.2) is 174 Å². The van der Waals surface area contributed by atoms with Crippen LogP contribution >= 0.6 is 22.7 Å². The van der Waals surface area contributed by atoms with Crippen molar-refractivity contribution in [1.82, 2.24) is 9.97 Å². The normalized spacial score (nSPS) is 12.0. The minimum Gasteiger partial charge on any atom is -0.436 e. The molecular weight excluding hydrogens is 709 g/mol. The summed E-state index contributed by atoms with van der Waals surface area (Å²) >= 11 is 3.72. The van der Waals surface area contributed by atoms with Gasteiger partial charge in [-0.15, -0.1) is 22.7 Å². The zero-order valence-corrected chi connectivity index (χ0v) is 30.9. The molecule has 0 N–H and O–H groups in total. The summed E-state index contributed by atoms with van der Waals surface area (Å²) in [5, 5.41) is 6.20. The lowest BCUT2D eigenvalue weighted by Crippen LogP contribution is -1.87. The van der Waals surface area contributed by atoms with E-state index in [2.05, 4.69) is 164 Å². The lowest BCUT2D eigenvalue weighted by Gasteiger charge is -2.08. The van der Waals surface area contributed by atoms with Gasteiger partial charge < -0.3 is 4.42 Å². The molecule has 12 rings (SSSR count). The summed E-state index contributed by atoms with van der Waals surface area (Å²) in [5.74, 6) is 0. The highest BCUT2D eigenvalue weighted by molar-refractivity contribution is 7.26. The summed E-state index contributed by atoms with van der Waals surface area (Å²) in [6, 6.07) is 61.0.